The summed E-state index contributed by atoms with van der Waals surface area (Å²) in [6.07, 6.45) is 1.36. The number of hydrogen-bond acceptors (Lipinski definition) is 2. The van der Waals surface area contributed by atoms with Crippen LogP contribution in [-0.2, 0) is 9.53 Å². The van der Waals surface area contributed by atoms with Crippen molar-refractivity contribution >= 4 is 34.8 Å². The Kier molecular flexibility index (Phi) is 3.69. The van der Waals surface area contributed by atoms with Crippen LogP contribution in [0, 0.1) is 0 Å². The molecule has 1 aromatic rings. The largest absolute Gasteiger partial charge is 0.368 e. The van der Waals surface area contributed by atoms with Gasteiger partial charge in [-0.3, -0.25) is 4.79 Å². The number of carbonyl (C=O) groups excluding carboxylic acids is 1. The van der Waals surface area contributed by atoms with Gasteiger partial charge in [0.15, 0.2) is 0 Å². The molecule has 1 fully saturated rings. The van der Waals surface area contributed by atoms with Gasteiger partial charge in [-0.05, 0) is 31.0 Å². The second-order valence-electron chi connectivity index (χ2n) is 3.62. The zero-order valence-electron chi connectivity index (χ0n) is 8.50. The van der Waals surface area contributed by atoms with Crippen molar-refractivity contribution in [2.75, 3.05) is 11.9 Å². The Morgan fingerprint density at radius 2 is 2.19 bits per heavy atom. The fraction of sp³-hybridized carbons (Fsp3) is 0.364. The Morgan fingerprint density at radius 3 is 2.81 bits per heavy atom. The first-order valence-corrected chi connectivity index (χ1v) is 5.80. The molecular formula is C11H11Cl2NO2. The van der Waals surface area contributed by atoms with Crippen molar-refractivity contribution in [2.24, 2.45) is 0 Å². The van der Waals surface area contributed by atoms with Crippen LogP contribution in [0.4, 0.5) is 5.69 Å². The molecule has 0 radical (unpaired) electrons. The fourth-order valence-electron chi connectivity index (χ4n) is 1.58. The molecule has 1 amide bonds. The number of carbonyl (C=O) groups is 1. The molecule has 3 nitrogen and oxygen atoms in total. The molecule has 1 aliphatic rings. The number of halogens is 2. The van der Waals surface area contributed by atoms with E-state index in [0.717, 1.165) is 12.8 Å². The molecule has 0 bridgehead atoms. The van der Waals surface area contributed by atoms with Gasteiger partial charge in [0.25, 0.3) is 5.91 Å². The predicted molar refractivity (Wildman–Crippen MR) is 64.1 cm³/mol. The summed E-state index contributed by atoms with van der Waals surface area (Å²) in [5, 5.41) is 3.64. The Balaban J connectivity index is 2.02. The van der Waals surface area contributed by atoms with E-state index in [1.54, 1.807) is 18.2 Å². The molecule has 86 valence electrons. The Labute approximate surface area is 104 Å². The van der Waals surface area contributed by atoms with Gasteiger partial charge >= 0.3 is 0 Å². The van der Waals surface area contributed by atoms with Crippen molar-refractivity contribution < 1.29 is 9.53 Å². The smallest absolute Gasteiger partial charge is 0.253 e. The van der Waals surface area contributed by atoms with Crippen molar-refractivity contribution in [2.45, 2.75) is 18.9 Å². The molecule has 1 N–H and O–H groups in total. The molecule has 0 saturated carbocycles. The first-order chi connectivity index (χ1) is 7.66. The fourth-order valence-corrected chi connectivity index (χ4v) is 1.88. The maximum absolute atomic E-state index is 11.7. The quantitative estimate of drug-likeness (QED) is 0.887. The lowest BCUT2D eigenvalue weighted by Gasteiger charge is -2.10. The summed E-state index contributed by atoms with van der Waals surface area (Å²) in [7, 11) is 0. The molecular weight excluding hydrogens is 249 g/mol. The monoisotopic (exact) mass is 259 g/mol. The maximum atomic E-state index is 11.7. The third kappa shape index (κ3) is 2.67. The van der Waals surface area contributed by atoms with E-state index in [1.807, 2.05) is 0 Å². The normalized spacial score (nSPS) is 19.8. The van der Waals surface area contributed by atoms with Crippen LogP contribution in [-0.4, -0.2) is 18.6 Å². The van der Waals surface area contributed by atoms with Crippen molar-refractivity contribution in [1.29, 1.82) is 0 Å². The van der Waals surface area contributed by atoms with Crippen molar-refractivity contribution in [3.05, 3.63) is 28.2 Å². The number of hydrogen-bond donors (Lipinski definition) is 1. The maximum Gasteiger partial charge on any atom is 0.253 e. The van der Waals surface area contributed by atoms with Gasteiger partial charge in [-0.1, -0.05) is 23.2 Å². The van der Waals surface area contributed by atoms with E-state index in [-0.39, 0.29) is 12.0 Å². The van der Waals surface area contributed by atoms with Gasteiger partial charge in [-0.25, -0.2) is 0 Å². The first kappa shape index (κ1) is 11.7. The summed E-state index contributed by atoms with van der Waals surface area (Å²) in [4.78, 5) is 11.7. The third-order valence-corrected chi connectivity index (χ3v) is 3.15. The van der Waals surface area contributed by atoms with Gasteiger partial charge in [-0.2, -0.15) is 0 Å². The second kappa shape index (κ2) is 5.04. The minimum absolute atomic E-state index is 0.129. The van der Waals surface area contributed by atoms with Crippen molar-refractivity contribution in [3.63, 3.8) is 0 Å². The average molecular weight is 260 g/mol. The summed E-state index contributed by atoms with van der Waals surface area (Å²) < 4.78 is 5.27. The highest BCUT2D eigenvalue weighted by Gasteiger charge is 2.23. The molecule has 1 aromatic carbocycles. The number of ether oxygens (including phenoxy) is 1. The number of amides is 1. The standard InChI is InChI=1S/C11H11Cl2NO2/c12-8-4-3-7(6-9(8)13)14-11(15)10-2-1-5-16-10/h3-4,6,10H,1-2,5H2,(H,14,15)/t10-/m1/s1. The molecule has 1 atom stereocenters. The highest BCUT2D eigenvalue weighted by molar-refractivity contribution is 6.42. The molecule has 2 rings (SSSR count). The van der Waals surface area contributed by atoms with E-state index in [2.05, 4.69) is 5.32 Å². The van der Waals surface area contributed by atoms with Crippen molar-refractivity contribution in [1.82, 2.24) is 0 Å². The summed E-state index contributed by atoms with van der Waals surface area (Å²) >= 11 is 11.6. The summed E-state index contributed by atoms with van der Waals surface area (Å²) in [6, 6.07) is 4.98. The van der Waals surface area contributed by atoms with Crippen LogP contribution >= 0.6 is 23.2 Å². The molecule has 0 spiro atoms. The third-order valence-electron chi connectivity index (χ3n) is 2.41. The van der Waals surface area contributed by atoms with Gasteiger partial charge in [0, 0.05) is 12.3 Å². The van der Waals surface area contributed by atoms with Gasteiger partial charge in [0.2, 0.25) is 0 Å². The number of nitrogens with one attached hydrogen (secondary N) is 1. The molecule has 0 unspecified atom stereocenters. The van der Waals surface area contributed by atoms with Crippen LogP contribution in [0.2, 0.25) is 10.0 Å². The topological polar surface area (TPSA) is 38.3 Å². The van der Waals surface area contributed by atoms with Gasteiger partial charge in [0.1, 0.15) is 6.10 Å². The molecule has 0 aliphatic carbocycles. The number of anilines is 1. The van der Waals surface area contributed by atoms with Crippen LogP contribution in [0.25, 0.3) is 0 Å². The predicted octanol–water partition coefficient (Wildman–Crippen LogP) is 3.11. The minimum atomic E-state index is -0.338. The molecule has 1 saturated heterocycles. The summed E-state index contributed by atoms with van der Waals surface area (Å²) in [5.74, 6) is -0.129. The van der Waals surface area contributed by atoms with Crippen LogP contribution < -0.4 is 5.32 Å². The van der Waals surface area contributed by atoms with E-state index >= 15 is 0 Å². The van der Waals surface area contributed by atoms with Crippen LogP contribution in [0.15, 0.2) is 18.2 Å². The summed E-state index contributed by atoms with van der Waals surface area (Å²) in [5.41, 5.74) is 0.634. The molecule has 1 aliphatic heterocycles. The lowest BCUT2D eigenvalue weighted by atomic mass is 10.2. The summed E-state index contributed by atoms with van der Waals surface area (Å²) in [6.45, 7) is 0.652. The van der Waals surface area contributed by atoms with E-state index in [0.29, 0.717) is 22.3 Å². The molecule has 1 heterocycles. The molecule has 0 aromatic heterocycles. The highest BCUT2D eigenvalue weighted by Crippen LogP contribution is 2.25. The highest BCUT2D eigenvalue weighted by atomic mass is 35.5. The van der Waals surface area contributed by atoms with Crippen LogP contribution in [0.5, 0.6) is 0 Å². The zero-order valence-corrected chi connectivity index (χ0v) is 10.0. The number of rotatable bonds is 2. The average Bonchev–Trinajstić information content (AvgIpc) is 2.77. The van der Waals surface area contributed by atoms with Gasteiger partial charge < -0.3 is 10.1 Å². The lowest BCUT2D eigenvalue weighted by Crippen LogP contribution is -2.26. The van der Waals surface area contributed by atoms with Crippen molar-refractivity contribution in [3.8, 4) is 0 Å². The van der Waals surface area contributed by atoms with Gasteiger partial charge in [0.05, 0.1) is 10.0 Å². The minimum Gasteiger partial charge on any atom is -0.368 e. The first-order valence-electron chi connectivity index (χ1n) is 5.04. The molecule has 16 heavy (non-hydrogen) atoms. The molecule has 5 heteroatoms. The van der Waals surface area contributed by atoms with Crippen LogP contribution in [0.3, 0.4) is 0 Å². The van der Waals surface area contributed by atoms with Gasteiger partial charge in [-0.15, -0.1) is 0 Å². The SMILES string of the molecule is O=C(Nc1ccc(Cl)c(Cl)c1)[C@H]1CCCO1. The van der Waals surface area contributed by atoms with E-state index < -0.39 is 0 Å². The lowest BCUT2D eigenvalue weighted by molar-refractivity contribution is -0.124. The van der Waals surface area contributed by atoms with E-state index in [1.165, 1.54) is 0 Å². The Morgan fingerprint density at radius 1 is 1.38 bits per heavy atom. The Hall–Kier alpha value is -0.770. The number of benzene rings is 1. The van der Waals surface area contributed by atoms with Crippen LogP contribution in [0.1, 0.15) is 12.8 Å². The van der Waals surface area contributed by atoms with E-state index in [9.17, 15) is 4.79 Å². The Bertz CT molecular complexity index is 403. The van der Waals surface area contributed by atoms with E-state index in [4.69, 9.17) is 27.9 Å². The second-order valence-corrected chi connectivity index (χ2v) is 4.43. The zero-order chi connectivity index (χ0) is 11.5.